The molecule has 1 aliphatic heterocycles. The number of carboxylic acids is 1. The molecule has 6 nitrogen and oxygen atoms in total. The highest BCUT2D eigenvalue weighted by Crippen LogP contribution is 2.27. The van der Waals surface area contributed by atoms with Crippen LogP contribution in [0.15, 0.2) is 24.4 Å². The molecule has 0 aliphatic carbocycles. The van der Waals surface area contributed by atoms with E-state index in [1.807, 2.05) is 22.8 Å². The first-order valence-electron chi connectivity index (χ1n) is 6.22. The lowest BCUT2D eigenvalue weighted by atomic mass is 10.2. The number of anilines is 1. The van der Waals surface area contributed by atoms with Crippen molar-refractivity contribution in [2.45, 2.75) is 19.4 Å². The highest BCUT2D eigenvalue weighted by Gasteiger charge is 2.22. The van der Waals surface area contributed by atoms with Gasteiger partial charge < -0.3 is 15.0 Å². The molecule has 0 radical (unpaired) electrons. The number of fused-ring (bicyclic) bond motifs is 1. The van der Waals surface area contributed by atoms with Crippen LogP contribution in [-0.4, -0.2) is 32.2 Å². The van der Waals surface area contributed by atoms with Crippen molar-refractivity contribution in [1.82, 2.24) is 14.5 Å². The monoisotopic (exact) mass is 258 g/mol. The molecule has 3 rings (SSSR count). The van der Waals surface area contributed by atoms with E-state index in [0.29, 0.717) is 17.1 Å². The number of imidazole rings is 1. The Labute approximate surface area is 110 Å². The Hall–Kier alpha value is -2.37. The third-order valence-electron chi connectivity index (χ3n) is 3.14. The summed E-state index contributed by atoms with van der Waals surface area (Å²) in [7, 11) is 0. The van der Waals surface area contributed by atoms with Crippen LogP contribution >= 0.6 is 0 Å². The molecule has 2 N–H and O–H groups in total. The van der Waals surface area contributed by atoms with Gasteiger partial charge >= 0.3 is 5.97 Å². The van der Waals surface area contributed by atoms with Crippen LogP contribution in [0.3, 0.4) is 0 Å². The van der Waals surface area contributed by atoms with Crippen molar-refractivity contribution in [3.05, 3.63) is 30.1 Å². The second-order valence-corrected chi connectivity index (χ2v) is 4.45. The third-order valence-corrected chi connectivity index (χ3v) is 3.14. The normalized spacial score (nSPS) is 13.7. The van der Waals surface area contributed by atoms with Gasteiger partial charge in [-0.1, -0.05) is 6.07 Å². The van der Waals surface area contributed by atoms with Gasteiger partial charge in [0.05, 0.1) is 17.8 Å². The molecule has 98 valence electrons. The standard InChI is InChI=1S/C13H14N4O2/c18-11(19)8-10-12(9-4-1-2-5-14-9)16-13-15-6-3-7-17(10)13/h1-2,4-5H,3,6-8H2,(H,15,16)(H,18,19). The molecular formula is C13H14N4O2. The van der Waals surface area contributed by atoms with Gasteiger partial charge in [0, 0.05) is 19.3 Å². The van der Waals surface area contributed by atoms with Crippen LogP contribution in [-0.2, 0) is 17.8 Å². The van der Waals surface area contributed by atoms with E-state index in [2.05, 4.69) is 15.3 Å². The van der Waals surface area contributed by atoms with Crippen LogP contribution in [0.1, 0.15) is 12.1 Å². The number of carbonyl (C=O) groups is 1. The lowest BCUT2D eigenvalue weighted by Gasteiger charge is -2.17. The minimum atomic E-state index is -0.856. The van der Waals surface area contributed by atoms with Gasteiger partial charge in [-0.15, -0.1) is 0 Å². The minimum Gasteiger partial charge on any atom is -0.481 e. The molecule has 0 amide bonds. The van der Waals surface area contributed by atoms with Crippen molar-refractivity contribution in [3.8, 4) is 11.4 Å². The molecule has 3 heterocycles. The first-order chi connectivity index (χ1) is 9.25. The number of hydrogen-bond acceptors (Lipinski definition) is 4. The van der Waals surface area contributed by atoms with E-state index in [0.717, 1.165) is 25.5 Å². The summed E-state index contributed by atoms with van der Waals surface area (Å²) < 4.78 is 1.95. The van der Waals surface area contributed by atoms with E-state index in [4.69, 9.17) is 5.11 Å². The summed E-state index contributed by atoms with van der Waals surface area (Å²) in [5.74, 6) is -0.117. The largest absolute Gasteiger partial charge is 0.481 e. The Morgan fingerprint density at radius 1 is 1.47 bits per heavy atom. The maximum Gasteiger partial charge on any atom is 0.309 e. The molecule has 0 saturated carbocycles. The molecule has 0 aromatic carbocycles. The molecule has 19 heavy (non-hydrogen) atoms. The first kappa shape index (κ1) is 11.7. The number of hydrogen-bond donors (Lipinski definition) is 2. The number of pyridine rings is 1. The second kappa shape index (κ2) is 4.72. The topological polar surface area (TPSA) is 80.0 Å². The van der Waals surface area contributed by atoms with E-state index >= 15 is 0 Å². The summed E-state index contributed by atoms with van der Waals surface area (Å²) >= 11 is 0. The Morgan fingerprint density at radius 3 is 3.11 bits per heavy atom. The Kier molecular flexibility index (Phi) is 2.91. The fourth-order valence-electron chi connectivity index (χ4n) is 2.33. The lowest BCUT2D eigenvalue weighted by molar-refractivity contribution is -0.136. The number of carboxylic acid groups (broad SMARTS) is 1. The quantitative estimate of drug-likeness (QED) is 0.869. The van der Waals surface area contributed by atoms with Gasteiger partial charge in [-0.25, -0.2) is 4.98 Å². The predicted octanol–water partition coefficient (Wildman–Crippen LogP) is 1.39. The zero-order chi connectivity index (χ0) is 13.2. The number of nitrogens with zero attached hydrogens (tertiary/aromatic N) is 3. The Balaban J connectivity index is 2.12. The van der Waals surface area contributed by atoms with Crippen LogP contribution in [0, 0.1) is 0 Å². The Bertz CT molecular complexity index is 607. The highest BCUT2D eigenvalue weighted by atomic mass is 16.4. The Morgan fingerprint density at radius 2 is 2.37 bits per heavy atom. The highest BCUT2D eigenvalue weighted by molar-refractivity contribution is 5.74. The summed E-state index contributed by atoms with van der Waals surface area (Å²) in [6.07, 6.45) is 2.61. The fraction of sp³-hybridized carbons (Fsp3) is 0.308. The number of aliphatic carboxylic acids is 1. The van der Waals surface area contributed by atoms with Crippen LogP contribution in [0.2, 0.25) is 0 Å². The van der Waals surface area contributed by atoms with Gasteiger partial charge in [0.2, 0.25) is 5.95 Å². The molecule has 6 heteroatoms. The van der Waals surface area contributed by atoms with E-state index < -0.39 is 5.97 Å². The number of nitrogens with one attached hydrogen (secondary N) is 1. The first-order valence-corrected chi connectivity index (χ1v) is 6.22. The summed E-state index contributed by atoms with van der Waals surface area (Å²) in [6, 6.07) is 5.55. The molecular weight excluding hydrogens is 244 g/mol. The molecule has 0 atom stereocenters. The molecule has 0 unspecified atom stereocenters. The second-order valence-electron chi connectivity index (χ2n) is 4.45. The van der Waals surface area contributed by atoms with Crippen molar-refractivity contribution < 1.29 is 9.90 Å². The summed E-state index contributed by atoms with van der Waals surface area (Å²) in [5, 5.41) is 12.3. The van der Waals surface area contributed by atoms with Gasteiger partial charge in [-0.2, -0.15) is 0 Å². The van der Waals surface area contributed by atoms with Crippen molar-refractivity contribution in [1.29, 1.82) is 0 Å². The SMILES string of the molecule is O=C(O)Cc1c(-c2ccccn2)nc2n1CCCN2. The zero-order valence-corrected chi connectivity index (χ0v) is 10.3. The maximum atomic E-state index is 11.1. The van der Waals surface area contributed by atoms with Crippen LogP contribution in [0.25, 0.3) is 11.4 Å². The predicted molar refractivity (Wildman–Crippen MR) is 69.9 cm³/mol. The molecule has 2 aromatic rings. The van der Waals surface area contributed by atoms with Crippen LogP contribution in [0.5, 0.6) is 0 Å². The van der Waals surface area contributed by atoms with E-state index in [-0.39, 0.29) is 6.42 Å². The summed E-state index contributed by atoms with van der Waals surface area (Å²) in [5.41, 5.74) is 2.09. The maximum absolute atomic E-state index is 11.1. The number of aromatic nitrogens is 3. The zero-order valence-electron chi connectivity index (χ0n) is 10.3. The van der Waals surface area contributed by atoms with E-state index in [1.165, 1.54) is 0 Å². The molecule has 2 aromatic heterocycles. The molecule has 0 spiro atoms. The van der Waals surface area contributed by atoms with Crippen LogP contribution in [0.4, 0.5) is 5.95 Å². The van der Waals surface area contributed by atoms with Crippen molar-refractivity contribution in [3.63, 3.8) is 0 Å². The summed E-state index contributed by atoms with van der Waals surface area (Å²) in [4.78, 5) is 19.8. The van der Waals surface area contributed by atoms with Gasteiger partial charge in [0.1, 0.15) is 5.69 Å². The van der Waals surface area contributed by atoms with Gasteiger partial charge in [0.25, 0.3) is 0 Å². The lowest BCUT2D eigenvalue weighted by Crippen LogP contribution is -2.19. The van der Waals surface area contributed by atoms with Crippen molar-refractivity contribution in [2.75, 3.05) is 11.9 Å². The van der Waals surface area contributed by atoms with E-state index in [9.17, 15) is 4.79 Å². The third kappa shape index (κ3) is 2.16. The molecule has 0 saturated heterocycles. The van der Waals surface area contributed by atoms with Crippen molar-refractivity contribution >= 4 is 11.9 Å². The van der Waals surface area contributed by atoms with Crippen molar-refractivity contribution in [2.24, 2.45) is 0 Å². The fourth-order valence-corrected chi connectivity index (χ4v) is 2.33. The van der Waals surface area contributed by atoms with Gasteiger partial charge in [-0.3, -0.25) is 9.78 Å². The average Bonchev–Trinajstić information content (AvgIpc) is 2.78. The smallest absolute Gasteiger partial charge is 0.309 e. The molecule has 0 fully saturated rings. The summed E-state index contributed by atoms with van der Waals surface area (Å²) in [6.45, 7) is 1.66. The van der Waals surface area contributed by atoms with E-state index in [1.54, 1.807) is 6.20 Å². The van der Waals surface area contributed by atoms with Crippen LogP contribution < -0.4 is 5.32 Å². The molecule has 1 aliphatic rings. The molecule has 0 bridgehead atoms. The van der Waals surface area contributed by atoms with Gasteiger partial charge in [0.15, 0.2) is 0 Å². The minimum absolute atomic E-state index is 0.0411. The number of rotatable bonds is 3. The average molecular weight is 258 g/mol. The van der Waals surface area contributed by atoms with Gasteiger partial charge in [-0.05, 0) is 18.6 Å².